The zero-order chi connectivity index (χ0) is 15.5. The molecular weight excluding hydrogens is 282 g/mol. The van der Waals surface area contributed by atoms with Crippen molar-refractivity contribution in [2.24, 2.45) is 0 Å². The highest BCUT2D eigenvalue weighted by Crippen LogP contribution is 2.39. The first kappa shape index (κ1) is 15.3. The summed E-state index contributed by atoms with van der Waals surface area (Å²) in [5.41, 5.74) is 7.74. The molecule has 22 heavy (non-hydrogen) atoms. The number of esters is 1. The number of hydrogen-bond donors (Lipinski definition) is 1. The van der Waals surface area contributed by atoms with Gasteiger partial charge in [-0.05, 0) is 31.6 Å². The van der Waals surface area contributed by atoms with Gasteiger partial charge in [0.05, 0.1) is 13.2 Å². The Morgan fingerprint density at radius 3 is 2.55 bits per heavy atom. The lowest BCUT2D eigenvalue weighted by molar-refractivity contribution is 0.0582. The first-order valence-corrected chi connectivity index (χ1v) is 8.26. The molecule has 1 saturated carbocycles. The lowest BCUT2D eigenvalue weighted by Gasteiger charge is -2.25. The van der Waals surface area contributed by atoms with Crippen LogP contribution < -0.4 is 5.73 Å². The summed E-state index contributed by atoms with van der Waals surface area (Å²) >= 11 is 0. The van der Waals surface area contributed by atoms with E-state index in [2.05, 4.69) is 5.10 Å². The molecule has 1 aromatic rings. The third-order valence-electron chi connectivity index (χ3n) is 4.91. The second-order valence-electron chi connectivity index (χ2n) is 6.26. The van der Waals surface area contributed by atoms with Gasteiger partial charge in [0, 0.05) is 18.8 Å². The minimum Gasteiger partial charge on any atom is -0.464 e. The molecule has 0 unspecified atom stereocenters. The van der Waals surface area contributed by atoms with Gasteiger partial charge >= 0.3 is 5.97 Å². The molecule has 0 atom stereocenters. The van der Waals surface area contributed by atoms with Crippen LogP contribution in [0.25, 0.3) is 0 Å². The second-order valence-corrected chi connectivity index (χ2v) is 6.26. The molecule has 6 nitrogen and oxygen atoms in total. The Bertz CT molecular complexity index is 529. The lowest BCUT2D eigenvalue weighted by atomic mass is 9.83. The van der Waals surface area contributed by atoms with E-state index in [1.165, 1.54) is 26.4 Å². The highest BCUT2D eigenvalue weighted by molar-refractivity contribution is 5.90. The topological polar surface area (TPSA) is 79.4 Å². The monoisotopic (exact) mass is 307 g/mol. The van der Waals surface area contributed by atoms with Gasteiger partial charge in [0.25, 0.3) is 0 Å². The Morgan fingerprint density at radius 2 is 1.91 bits per heavy atom. The number of ether oxygens (including phenoxy) is 2. The largest absolute Gasteiger partial charge is 0.464 e. The molecule has 1 aliphatic heterocycles. The highest BCUT2D eigenvalue weighted by atomic mass is 16.5. The van der Waals surface area contributed by atoms with Crippen molar-refractivity contribution in [2.75, 3.05) is 26.1 Å². The first-order valence-electron chi connectivity index (χ1n) is 8.26. The van der Waals surface area contributed by atoms with Crippen molar-refractivity contribution in [2.45, 2.75) is 56.9 Å². The van der Waals surface area contributed by atoms with Crippen LogP contribution in [0.1, 0.15) is 73.0 Å². The summed E-state index contributed by atoms with van der Waals surface area (Å²) in [5.74, 6) is 0.605. The summed E-state index contributed by atoms with van der Waals surface area (Å²) in [7, 11) is 1.40. The van der Waals surface area contributed by atoms with E-state index in [1.54, 1.807) is 0 Å². The normalized spacial score (nSPS) is 21.0. The third kappa shape index (κ3) is 2.84. The molecule has 1 aromatic heterocycles. The van der Waals surface area contributed by atoms with E-state index < -0.39 is 0 Å². The van der Waals surface area contributed by atoms with E-state index in [-0.39, 0.29) is 12.0 Å². The van der Waals surface area contributed by atoms with E-state index in [0.717, 1.165) is 44.5 Å². The lowest BCUT2D eigenvalue weighted by Crippen LogP contribution is -2.22. The van der Waals surface area contributed by atoms with Crippen molar-refractivity contribution in [3.05, 3.63) is 11.3 Å². The second kappa shape index (κ2) is 6.69. The van der Waals surface area contributed by atoms with Gasteiger partial charge in [-0.3, -0.25) is 0 Å². The summed E-state index contributed by atoms with van der Waals surface area (Å²) in [5, 5.41) is 4.54. The Balaban J connectivity index is 1.97. The van der Waals surface area contributed by atoms with E-state index in [9.17, 15) is 4.79 Å². The van der Waals surface area contributed by atoms with Crippen LogP contribution in [-0.4, -0.2) is 36.1 Å². The van der Waals surface area contributed by atoms with Crippen molar-refractivity contribution in [3.8, 4) is 0 Å². The molecule has 1 aliphatic carbocycles. The Hall–Kier alpha value is -1.56. The van der Waals surface area contributed by atoms with Crippen LogP contribution >= 0.6 is 0 Å². The van der Waals surface area contributed by atoms with Crippen LogP contribution in [0, 0.1) is 0 Å². The van der Waals surface area contributed by atoms with Gasteiger partial charge in [-0.25, -0.2) is 9.48 Å². The molecule has 0 spiro atoms. The quantitative estimate of drug-likeness (QED) is 0.868. The molecule has 1 saturated heterocycles. The fourth-order valence-electron chi connectivity index (χ4n) is 3.71. The van der Waals surface area contributed by atoms with Crippen molar-refractivity contribution in [1.29, 1.82) is 0 Å². The van der Waals surface area contributed by atoms with E-state index in [4.69, 9.17) is 15.2 Å². The number of nitrogen functional groups attached to an aromatic ring is 1. The maximum Gasteiger partial charge on any atom is 0.358 e. The van der Waals surface area contributed by atoms with Gasteiger partial charge in [-0.15, -0.1) is 0 Å². The van der Waals surface area contributed by atoms with Crippen LogP contribution in [0.4, 0.5) is 5.82 Å². The molecular formula is C16H25N3O3. The predicted octanol–water partition coefficient (Wildman–Crippen LogP) is 2.65. The molecule has 2 fully saturated rings. The summed E-state index contributed by atoms with van der Waals surface area (Å²) < 4.78 is 12.2. The Labute approximate surface area is 130 Å². The van der Waals surface area contributed by atoms with Crippen LogP contribution in [0.3, 0.4) is 0 Å². The third-order valence-corrected chi connectivity index (χ3v) is 4.91. The number of hydrogen-bond acceptors (Lipinski definition) is 5. The van der Waals surface area contributed by atoms with Gasteiger partial charge in [0.15, 0.2) is 5.69 Å². The van der Waals surface area contributed by atoms with Crippen LogP contribution in [0.2, 0.25) is 0 Å². The predicted molar refractivity (Wildman–Crippen MR) is 82.9 cm³/mol. The van der Waals surface area contributed by atoms with E-state index in [0.29, 0.717) is 17.4 Å². The van der Waals surface area contributed by atoms with Gasteiger partial charge in [0.1, 0.15) is 5.82 Å². The van der Waals surface area contributed by atoms with Gasteiger partial charge in [0.2, 0.25) is 0 Å². The zero-order valence-corrected chi connectivity index (χ0v) is 13.2. The zero-order valence-electron chi connectivity index (χ0n) is 13.2. The van der Waals surface area contributed by atoms with Crippen LogP contribution in [0.5, 0.6) is 0 Å². The fraction of sp³-hybridized carbons (Fsp3) is 0.750. The molecule has 122 valence electrons. The number of rotatable bonds is 3. The molecule has 2 aliphatic rings. The number of carbonyl (C=O) groups excluding carboxylic acids is 1. The van der Waals surface area contributed by atoms with Crippen LogP contribution in [-0.2, 0) is 9.47 Å². The van der Waals surface area contributed by atoms with E-state index in [1.807, 2.05) is 4.68 Å². The molecule has 2 heterocycles. The summed E-state index contributed by atoms with van der Waals surface area (Å²) in [4.78, 5) is 12.1. The molecule has 6 heteroatoms. The summed E-state index contributed by atoms with van der Waals surface area (Å²) in [6.07, 6.45) is 7.56. The summed E-state index contributed by atoms with van der Waals surface area (Å²) in [6, 6.07) is 0.217. The number of methoxy groups -OCH3 is 1. The minimum absolute atomic E-state index is 0.217. The fourth-order valence-corrected chi connectivity index (χ4v) is 3.71. The number of nitrogens with zero attached hydrogens (tertiary/aromatic N) is 2. The molecule has 0 aromatic carbocycles. The number of nitrogens with two attached hydrogens (primary N) is 1. The SMILES string of the molecule is COC(=O)c1nn(C2CCOCC2)c(N)c1C1CCCCC1. The molecule has 3 rings (SSSR count). The standard InChI is InChI=1S/C16H25N3O3/c1-21-16(20)14-13(11-5-3-2-4-6-11)15(17)19(18-14)12-7-9-22-10-8-12/h11-12H,2-10,17H2,1H3. The van der Waals surface area contributed by atoms with Crippen LogP contribution in [0.15, 0.2) is 0 Å². The average molecular weight is 307 g/mol. The maximum absolute atomic E-state index is 12.1. The number of aromatic nitrogens is 2. The number of anilines is 1. The molecule has 0 amide bonds. The van der Waals surface area contributed by atoms with Crippen molar-refractivity contribution < 1.29 is 14.3 Å². The Kier molecular flexibility index (Phi) is 4.66. The van der Waals surface area contributed by atoms with Gasteiger partial charge < -0.3 is 15.2 Å². The first-order chi connectivity index (χ1) is 10.7. The minimum atomic E-state index is -0.377. The summed E-state index contributed by atoms with van der Waals surface area (Å²) in [6.45, 7) is 1.44. The number of carbonyl (C=O) groups is 1. The molecule has 0 bridgehead atoms. The van der Waals surface area contributed by atoms with E-state index >= 15 is 0 Å². The Morgan fingerprint density at radius 1 is 1.23 bits per heavy atom. The van der Waals surface area contributed by atoms with Crippen molar-refractivity contribution >= 4 is 11.8 Å². The van der Waals surface area contributed by atoms with Crippen molar-refractivity contribution in [1.82, 2.24) is 9.78 Å². The smallest absolute Gasteiger partial charge is 0.358 e. The average Bonchev–Trinajstić information content (AvgIpc) is 2.93. The molecule has 2 N–H and O–H groups in total. The van der Waals surface area contributed by atoms with Crippen molar-refractivity contribution in [3.63, 3.8) is 0 Å². The molecule has 0 radical (unpaired) electrons. The van der Waals surface area contributed by atoms with Gasteiger partial charge in [-0.1, -0.05) is 19.3 Å². The maximum atomic E-state index is 12.1. The highest BCUT2D eigenvalue weighted by Gasteiger charge is 2.31. The van der Waals surface area contributed by atoms with Gasteiger partial charge in [-0.2, -0.15) is 5.10 Å².